The van der Waals surface area contributed by atoms with Crippen LogP contribution in [0.25, 0.3) is 0 Å². The van der Waals surface area contributed by atoms with Crippen molar-refractivity contribution >= 4 is 28.9 Å². The summed E-state index contributed by atoms with van der Waals surface area (Å²) >= 11 is 0. The summed E-state index contributed by atoms with van der Waals surface area (Å²) in [5, 5.41) is 16.4. The van der Waals surface area contributed by atoms with E-state index in [1.807, 2.05) is 6.92 Å². The van der Waals surface area contributed by atoms with Gasteiger partial charge in [0.25, 0.3) is 11.6 Å². The molecule has 0 saturated carbocycles. The number of carbonyl (C=O) groups is 2. The van der Waals surface area contributed by atoms with Crippen LogP contribution in [0.3, 0.4) is 0 Å². The summed E-state index contributed by atoms with van der Waals surface area (Å²) in [6.45, 7) is 2.14. The summed E-state index contributed by atoms with van der Waals surface area (Å²) in [4.78, 5) is 34.1. The van der Waals surface area contributed by atoms with E-state index in [1.54, 1.807) is 24.3 Å². The summed E-state index contributed by atoms with van der Waals surface area (Å²) < 4.78 is 0. The number of nitrogens with two attached hydrogens (primary N) is 1. The molecule has 8 nitrogen and oxygen atoms in total. The topological polar surface area (TPSA) is 127 Å². The highest BCUT2D eigenvalue weighted by Gasteiger charge is 2.15. The molecule has 0 aliphatic heterocycles. The Morgan fingerprint density at radius 1 is 1.19 bits per heavy atom. The largest absolute Gasteiger partial charge is 0.393 e. The number of anilines is 2. The fourth-order valence-electron chi connectivity index (χ4n) is 2.34. The molecule has 0 spiro atoms. The van der Waals surface area contributed by atoms with Gasteiger partial charge in [0.2, 0.25) is 5.91 Å². The summed E-state index contributed by atoms with van der Waals surface area (Å²) in [5.74, 6) is -0.517. The van der Waals surface area contributed by atoms with Gasteiger partial charge < -0.3 is 16.4 Å². The van der Waals surface area contributed by atoms with Crippen LogP contribution in [0.2, 0.25) is 0 Å². The van der Waals surface area contributed by atoms with Gasteiger partial charge >= 0.3 is 0 Å². The number of rotatable bonds is 7. The van der Waals surface area contributed by atoms with Crippen molar-refractivity contribution in [3.05, 3.63) is 63.7 Å². The maximum Gasteiger partial charge on any atom is 0.292 e. The number of hydrogen-bond donors (Lipinski definition) is 3. The Morgan fingerprint density at radius 3 is 2.65 bits per heavy atom. The first-order chi connectivity index (χ1) is 12.4. The van der Waals surface area contributed by atoms with E-state index in [1.165, 1.54) is 12.1 Å². The van der Waals surface area contributed by atoms with Gasteiger partial charge in [-0.2, -0.15) is 0 Å². The maximum absolute atomic E-state index is 12.2. The number of nitrogen functional groups attached to an aromatic ring is 1. The number of carbonyl (C=O) groups excluding carboxylic acids is 2. The molecule has 0 aromatic heterocycles. The van der Waals surface area contributed by atoms with E-state index in [2.05, 4.69) is 10.6 Å². The van der Waals surface area contributed by atoms with Crippen molar-refractivity contribution in [1.82, 2.24) is 5.32 Å². The molecule has 0 heterocycles. The molecular formula is C18H20N4O4. The number of hydrogen-bond acceptors (Lipinski definition) is 5. The summed E-state index contributed by atoms with van der Waals surface area (Å²) in [7, 11) is 0. The third-order valence-electron chi connectivity index (χ3n) is 3.63. The van der Waals surface area contributed by atoms with Gasteiger partial charge in [-0.25, -0.2) is 0 Å². The van der Waals surface area contributed by atoms with Crippen molar-refractivity contribution in [2.24, 2.45) is 0 Å². The molecule has 2 aromatic carbocycles. The SMILES string of the molecule is CCCC(=O)Nc1cccc(CNC(=O)c2ccc(N)c([N+](=O)[O-])c2)c1. The lowest BCUT2D eigenvalue weighted by Crippen LogP contribution is -2.23. The molecule has 0 aliphatic rings. The van der Waals surface area contributed by atoms with Crippen LogP contribution in [0.4, 0.5) is 17.1 Å². The monoisotopic (exact) mass is 356 g/mol. The van der Waals surface area contributed by atoms with E-state index in [0.717, 1.165) is 18.1 Å². The van der Waals surface area contributed by atoms with Crippen molar-refractivity contribution in [3.63, 3.8) is 0 Å². The lowest BCUT2D eigenvalue weighted by Gasteiger charge is -2.09. The zero-order valence-electron chi connectivity index (χ0n) is 14.3. The van der Waals surface area contributed by atoms with Gasteiger partial charge in [-0.3, -0.25) is 19.7 Å². The van der Waals surface area contributed by atoms with Gasteiger partial charge in [0.1, 0.15) is 5.69 Å². The smallest absolute Gasteiger partial charge is 0.292 e. The lowest BCUT2D eigenvalue weighted by atomic mass is 10.1. The predicted octanol–water partition coefficient (Wildman–Crippen LogP) is 2.85. The highest BCUT2D eigenvalue weighted by Crippen LogP contribution is 2.22. The van der Waals surface area contributed by atoms with Gasteiger partial charge in [-0.15, -0.1) is 0 Å². The Kier molecular flexibility index (Phi) is 6.26. The zero-order chi connectivity index (χ0) is 19.1. The first-order valence-electron chi connectivity index (χ1n) is 8.11. The maximum atomic E-state index is 12.2. The van der Waals surface area contributed by atoms with Gasteiger partial charge in [0, 0.05) is 30.3 Å². The van der Waals surface area contributed by atoms with Crippen LogP contribution in [0.15, 0.2) is 42.5 Å². The minimum Gasteiger partial charge on any atom is -0.393 e. The van der Waals surface area contributed by atoms with Crippen LogP contribution in [-0.4, -0.2) is 16.7 Å². The van der Waals surface area contributed by atoms with E-state index >= 15 is 0 Å². The highest BCUT2D eigenvalue weighted by atomic mass is 16.6. The molecule has 0 radical (unpaired) electrons. The van der Waals surface area contributed by atoms with Gasteiger partial charge in [0.05, 0.1) is 4.92 Å². The Hall–Kier alpha value is -3.42. The number of amides is 2. The molecule has 2 aromatic rings. The number of nitro benzene ring substituents is 1. The van der Waals surface area contributed by atoms with E-state index in [-0.39, 0.29) is 29.4 Å². The summed E-state index contributed by atoms with van der Waals surface area (Å²) in [6, 6.07) is 11.0. The minimum absolute atomic E-state index is 0.00192. The molecule has 0 saturated heterocycles. The van der Waals surface area contributed by atoms with Crippen LogP contribution in [-0.2, 0) is 11.3 Å². The van der Waals surface area contributed by atoms with Gasteiger partial charge in [-0.05, 0) is 36.2 Å². The van der Waals surface area contributed by atoms with E-state index in [9.17, 15) is 19.7 Å². The molecule has 136 valence electrons. The average molecular weight is 356 g/mol. The summed E-state index contributed by atoms with van der Waals surface area (Å²) in [5.41, 5.74) is 6.81. The molecule has 0 fully saturated rings. The molecule has 0 unspecified atom stereocenters. The van der Waals surface area contributed by atoms with Crippen molar-refractivity contribution in [1.29, 1.82) is 0 Å². The van der Waals surface area contributed by atoms with E-state index in [4.69, 9.17) is 5.73 Å². The van der Waals surface area contributed by atoms with Gasteiger partial charge in [0.15, 0.2) is 0 Å². The Bertz CT molecular complexity index is 836. The molecule has 0 atom stereocenters. The van der Waals surface area contributed by atoms with Crippen molar-refractivity contribution in [3.8, 4) is 0 Å². The van der Waals surface area contributed by atoms with Crippen molar-refractivity contribution in [2.75, 3.05) is 11.1 Å². The number of nitrogens with zero attached hydrogens (tertiary/aromatic N) is 1. The predicted molar refractivity (Wildman–Crippen MR) is 98.7 cm³/mol. The quantitative estimate of drug-likeness (QED) is 0.399. The lowest BCUT2D eigenvalue weighted by molar-refractivity contribution is -0.383. The molecule has 0 aliphatic carbocycles. The fourth-order valence-corrected chi connectivity index (χ4v) is 2.34. The number of nitro groups is 1. The molecule has 0 bridgehead atoms. The Labute approximate surface area is 150 Å². The Balaban J connectivity index is 2.02. The second-order valence-corrected chi connectivity index (χ2v) is 5.71. The molecule has 8 heteroatoms. The normalized spacial score (nSPS) is 10.2. The van der Waals surface area contributed by atoms with E-state index < -0.39 is 10.8 Å². The second kappa shape index (κ2) is 8.61. The minimum atomic E-state index is -0.630. The molecule has 2 amide bonds. The van der Waals surface area contributed by atoms with Crippen LogP contribution in [0, 0.1) is 10.1 Å². The van der Waals surface area contributed by atoms with Crippen LogP contribution in [0.5, 0.6) is 0 Å². The van der Waals surface area contributed by atoms with Crippen LogP contribution >= 0.6 is 0 Å². The first-order valence-corrected chi connectivity index (χ1v) is 8.11. The third-order valence-corrected chi connectivity index (χ3v) is 3.63. The van der Waals surface area contributed by atoms with Crippen LogP contribution in [0.1, 0.15) is 35.7 Å². The first kappa shape index (κ1) is 18.9. The van der Waals surface area contributed by atoms with Crippen LogP contribution < -0.4 is 16.4 Å². The van der Waals surface area contributed by atoms with Gasteiger partial charge in [-0.1, -0.05) is 19.1 Å². The number of nitrogens with one attached hydrogen (secondary N) is 2. The zero-order valence-corrected chi connectivity index (χ0v) is 14.3. The summed E-state index contributed by atoms with van der Waals surface area (Å²) in [6.07, 6.45) is 1.20. The Morgan fingerprint density at radius 2 is 1.96 bits per heavy atom. The molecule has 26 heavy (non-hydrogen) atoms. The molecule has 2 rings (SSSR count). The molecular weight excluding hydrogens is 336 g/mol. The van der Waals surface area contributed by atoms with Crippen molar-refractivity contribution < 1.29 is 14.5 Å². The standard InChI is InChI=1S/C18H20N4O4/c1-2-4-17(23)21-14-6-3-5-12(9-14)11-20-18(24)13-7-8-15(19)16(10-13)22(25)26/h3,5-10H,2,4,11,19H2,1H3,(H,20,24)(H,21,23). The van der Waals surface area contributed by atoms with Crippen molar-refractivity contribution in [2.45, 2.75) is 26.3 Å². The highest BCUT2D eigenvalue weighted by molar-refractivity contribution is 5.95. The number of benzene rings is 2. The molecule has 4 N–H and O–H groups in total. The average Bonchev–Trinajstić information content (AvgIpc) is 2.60. The fraction of sp³-hybridized carbons (Fsp3) is 0.222. The van der Waals surface area contributed by atoms with E-state index in [0.29, 0.717) is 12.1 Å². The second-order valence-electron chi connectivity index (χ2n) is 5.71. The third kappa shape index (κ3) is 5.04.